The maximum Gasteiger partial charge on any atom is 0.414 e. The van der Waals surface area contributed by atoms with E-state index in [1.807, 2.05) is 42.9 Å². The molecule has 2 heterocycles. The van der Waals surface area contributed by atoms with Gasteiger partial charge in [0.05, 0.1) is 12.6 Å². The van der Waals surface area contributed by atoms with Crippen molar-refractivity contribution in [3.05, 3.63) is 30.1 Å². The van der Waals surface area contributed by atoms with Crippen LogP contribution < -0.4 is 4.57 Å². The molecule has 2 rings (SSSR count). The van der Waals surface area contributed by atoms with Crippen LogP contribution in [0, 0.1) is 0 Å². The van der Waals surface area contributed by atoms with E-state index >= 15 is 0 Å². The van der Waals surface area contributed by atoms with Crippen LogP contribution in [0.15, 0.2) is 24.5 Å². The summed E-state index contributed by atoms with van der Waals surface area (Å²) in [6.07, 6.45) is 6.24. The second kappa shape index (κ2) is 9.34. The van der Waals surface area contributed by atoms with Crippen molar-refractivity contribution in [2.45, 2.75) is 52.8 Å². The highest BCUT2D eigenvalue weighted by atomic mass is 16.6. The first-order valence-corrected chi connectivity index (χ1v) is 7.76. The molecular formula is C16H27N2O3+. The van der Waals surface area contributed by atoms with E-state index in [0.717, 1.165) is 19.3 Å². The summed E-state index contributed by atoms with van der Waals surface area (Å²) in [5.74, 6) is 0. The number of hydrogen-bond donors (Lipinski definition) is 1. The van der Waals surface area contributed by atoms with Crippen molar-refractivity contribution >= 4 is 6.09 Å². The van der Waals surface area contributed by atoms with Crippen LogP contribution >= 0.6 is 0 Å². The van der Waals surface area contributed by atoms with Crippen molar-refractivity contribution in [2.75, 3.05) is 13.2 Å². The lowest BCUT2D eigenvalue weighted by Gasteiger charge is -2.21. The number of pyridine rings is 1. The molecule has 0 aromatic carbocycles. The largest absolute Gasteiger partial charge is 0.414 e. The van der Waals surface area contributed by atoms with Crippen molar-refractivity contribution < 1.29 is 19.2 Å². The maximum atomic E-state index is 11.9. The quantitative estimate of drug-likeness (QED) is 0.866. The first kappa shape index (κ1) is 17.4. The average Bonchev–Trinajstić information content (AvgIpc) is 3.03. The summed E-state index contributed by atoms with van der Waals surface area (Å²) in [6.45, 7) is 6.97. The van der Waals surface area contributed by atoms with Gasteiger partial charge in [0.2, 0.25) is 0 Å². The third-order valence-corrected chi connectivity index (χ3v) is 3.49. The number of carbonyl (C=O) groups is 1. The summed E-state index contributed by atoms with van der Waals surface area (Å²) >= 11 is 0. The van der Waals surface area contributed by atoms with Gasteiger partial charge in [-0.3, -0.25) is 0 Å². The van der Waals surface area contributed by atoms with E-state index in [4.69, 9.17) is 4.74 Å². The van der Waals surface area contributed by atoms with Gasteiger partial charge in [0.25, 0.3) is 6.73 Å². The van der Waals surface area contributed by atoms with Crippen molar-refractivity contribution in [1.29, 1.82) is 0 Å². The molecule has 5 nitrogen and oxygen atoms in total. The monoisotopic (exact) mass is 295 g/mol. The standard InChI is InChI=1S/C14H21N2O3.C2H6/c1-2-12-5-3-7-15(9-12)11-19-14(18)16-8-4-6-13(16)10-17;1-2/h3,5,7,9,13,17H,2,4,6,8,10-11H2,1H3;1-2H3/q+1;/t13-;/m0./s1. The Balaban J connectivity index is 0.00000106. The second-order valence-electron chi connectivity index (χ2n) is 4.79. The minimum atomic E-state index is -0.342. The Hall–Kier alpha value is -1.62. The van der Waals surface area contributed by atoms with E-state index in [1.54, 1.807) is 4.90 Å². The summed E-state index contributed by atoms with van der Waals surface area (Å²) < 4.78 is 7.13. The first-order valence-electron chi connectivity index (χ1n) is 7.76. The van der Waals surface area contributed by atoms with Crippen LogP contribution in [0.4, 0.5) is 4.79 Å². The number of aromatic nitrogens is 1. The Bertz CT molecular complexity index is 437. The van der Waals surface area contributed by atoms with Gasteiger partial charge < -0.3 is 14.7 Å². The van der Waals surface area contributed by atoms with Crippen LogP contribution in [0.5, 0.6) is 0 Å². The van der Waals surface area contributed by atoms with Gasteiger partial charge in [-0.1, -0.05) is 20.8 Å². The molecule has 1 aromatic heterocycles. The number of aliphatic hydroxyl groups is 1. The molecule has 5 heteroatoms. The molecular weight excluding hydrogens is 268 g/mol. The number of likely N-dealkylation sites (tertiary alicyclic amines) is 1. The molecule has 118 valence electrons. The van der Waals surface area contributed by atoms with Crippen LogP contribution in [0.2, 0.25) is 0 Å². The van der Waals surface area contributed by atoms with Crippen molar-refractivity contribution in [3.63, 3.8) is 0 Å². The third kappa shape index (κ3) is 5.01. The molecule has 1 amide bonds. The Morgan fingerprint density at radius 3 is 2.95 bits per heavy atom. The molecule has 1 aromatic rings. The number of hydrogen-bond acceptors (Lipinski definition) is 3. The molecule has 0 saturated carbocycles. The molecule has 1 aliphatic heterocycles. The van der Waals surface area contributed by atoms with Gasteiger partial charge in [0, 0.05) is 18.2 Å². The molecule has 0 bridgehead atoms. The summed E-state index contributed by atoms with van der Waals surface area (Å²) in [5.41, 5.74) is 1.20. The molecule has 0 unspecified atom stereocenters. The average molecular weight is 295 g/mol. The SMILES string of the molecule is CC.CCc1ccc[n+](COC(=O)N2CCC[C@H]2CO)c1. The van der Waals surface area contributed by atoms with Crippen molar-refractivity contribution in [1.82, 2.24) is 4.90 Å². The van der Waals surface area contributed by atoms with Crippen LogP contribution in [0.1, 0.15) is 39.2 Å². The molecule has 1 N–H and O–H groups in total. The van der Waals surface area contributed by atoms with E-state index in [9.17, 15) is 9.90 Å². The predicted molar refractivity (Wildman–Crippen MR) is 80.7 cm³/mol. The minimum absolute atomic E-state index is 0.00750. The molecule has 0 spiro atoms. The molecule has 1 saturated heterocycles. The zero-order valence-electron chi connectivity index (χ0n) is 13.3. The Morgan fingerprint density at radius 2 is 2.29 bits per heavy atom. The zero-order valence-corrected chi connectivity index (χ0v) is 13.3. The van der Waals surface area contributed by atoms with Gasteiger partial charge in [-0.25, -0.2) is 4.79 Å². The van der Waals surface area contributed by atoms with Gasteiger partial charge in [-0.2, -0.15) is 4.57 Å². The second-order valence-corrected chi connectivity index (χ2v) is 4.79. The van der Waals surface area contributed by atoms with E-state index in [2.05, 4.69) is 6.92 Å². The van der Waals surface area contributed by atoms with E-state index in [0.29, 0.717) is 6.54 Å². The minimum Gasteiger partial charge on any atom is -0.394 e. The number of aliphatic hydroxyl groups excluding tert-OH is 1. The van der Waals surface area contributed by atoms with Gasteiger partial charge in [-0.05, 0) is 25.3 Å². The smallest absolute Gasteiger partial charge is 0.394 e. The molecule has 1 atom stereocenters. The summed E-state index contributed by atoms with van der Waals surface area (Å²) in [7, 11) is 0. The number of ether oxygens (including phenoxy) is 1. The predicted octanol–water partition coefficient (Wildman–Crippen LogP) is 2.11. The third-order valence-electron chi connectivity index (χ3n) is 3.49. The molecule has 1 fully saturated rings. The molecule has 0 aliphatic carbocycles. The summed E-state index contributed by atoms with van der Waals surface area (Å²) in [4.78, 5) is 13.5. The lowest BCUT2D eigenvalue weighted by Crippen LogP contribution is -2.42. The van der Waals surface area contributed by atoms with Crippen molar-refractivity contribution in [2.24, 2.45) is 0 Å². The van der Waals surface area contributed by atoms with Gasteiger partial charge in [0.15, 0.2) is 12.4 Å². The van der Waals surface area contributed by atoms with E-state index < -0.39 is 0 Å². The highest BCUT2D eigenvalue weighted by Gasteiger charge is 2.29. The summed E-state index contributed by atoms with van der Waals surface area (Å²) in [5, 5.41) is 9.18. The number of rotatable bonds is 4. The van der Waals surface area contributed by atoms with Crippen LogP contribution in [-0.4, -0.2) is 35.3 Å². The van der Waals surface area contributed by atoms with E-state index in [-0.39, 0.29) is 25.5 Å². The molecule has 1 aliphatic rings. The van der Waals surface area contributed by atoms with Gasteiger partial charge in [-0.15, -0.1) is 0 Å². The molecule has 21 heavy (non-hydrogen) atoms. The fourth-order valence-corrected chi connectivity index (χ4v) is 2.34. The lowest BCUT2D eigenvalue weighted by atomic mass is 10.2. The van der Waals surface area contributed by atoms with Crippen LogP contribution in [0.25, 0.3) is 0 Å². The van der Waals surface area contributed by atoms with Gasteiger partial charge in [0.1, 0.15) is 0 Å². The number of carbonyl (C=O) groups excluding carboxylic acids is 1. The number of aryl methyl sites for hydroxylation is 1. The maximum absolute atomic E-state index is 11.9. The Labute approximate surface area is 127 Å². The topological polar surface area (TPSA) is 53.7 Å². The fourth-order valence-electron chi connectivity index (χ4n) is 2.34. The highest BCUT2D eigenvalue weighted by molar-refractivity contribution is 5.68. The van der Waals surface area contributed by atoms with Crippen LogP contribution in [0.3, 0.4) is 0 Å². The first-order chi connectivity index (χ1) is 10.2. The zero-order chi connectivity index (χ0) is 15.7. The number of nitrogens with zero attached hydrogens (tertiary/aromatic N) is 2. The Kier molecular flexibility index (Phi) is 7.75. The number of amides is 1. The van der Waals surface area contributed by atoms with Crippen LogP contribution in [-0.2, 0) is 17.9 Å². The normalized spacial score (nSPS) is 17.1. The van der Waals surface area contributed by atoms with Gasteiger partial charge >= 0.3 is 6.09 Å². The van der Waals surface area contributed by atoms with E-state index in [1.165, 1.54) is 5.56 Å². The highest BCUT2D eigenvalue weighted by Crippen LogP contribution is 2.17. The molecule has 0 radical (unpaired) electrons. The fraction of sp³-hybridized carbons (Fsp3) is 0.625. The lowest BCUT2D eigenvalue weighted by molar-refractivity contribution is -0.727. The van der Waals surface area contributed by atoms with Crippen molar-refractivity contribution in [3.8, 4) is 0 Å². The Morgan fingerprint density at radius 1 is 1.52 bits per heavy atom. The summed E-state index contributed by atoms with van der Waals surface area (Å²) in [6, 6.07) is 3.90.